The summed E-state index contributed by atoms with van der Waals surface area (Å²) in [6.45, 7) is 3.83. The highest BCUT2D eigenvalue weighted by atomic mass is 16.6. The number of rotatable bonds is 37. The van der Waals surface area contributed by atoms with Gasteiger partial charge in [0.05, 0.1) is 6.61 Å². The first-order valence-corrected chi connectivity index (χ1v) is 21.7. The normalized spacial score (nSPS) is 13.6. The van der Waals surface area contributed by atoms with Crippen LogP contribution in [0.25, 0.3) is 0 Å². The lowest BCUT2D eigenvalue weighted by atomic mass is 10.1. The standard InChI is InChI=1S/C51H78O5/c1-3-5-7-9-11-13-15-17-19-20-21-22-23-24-25-26-27-28-29-30-32-34-36-38-40-42-44-46-51(54)56-49(47-52)48-55-50(53)45-43-41-39-37-35-33-31-18-16-14-12-10-8-6-4-2/h5-8,11-14,17-19,21-22,24-25,27-28,30-32,35,37,49,52H,3-4,9-10,15-16,20,23,26,29,33-34,36,38-48H2,1-2H3/b7-5-,8-6-,13-11-,14-12-,19-17-,22-21-,25-24-,28-27-,31-18-,32-30-,37-35-. The first-order valence-electron chi connectivity index (χ1n) is 21.7. The fourth-order valence-corrected chi connectivity index (χ4v) is 5.23. The number of carbonyl (C=O) groups is 2. The van der Waals surface area contributed by atoms with Crippen LogP contribution >= 0.6 is 0 Å². The summed E-state index contributed by atoms with van der Waals surface area (Å²) >= 11 is 0. The Morgan fingerprint density at radius 2 is 0.714 bits per heavy atom. The Hall–Kier alpha value is -3.96. The van der Waals surface area contributed by atoms with Gasteiger partial charge >= 0.3 is 11.9 Å². The largest absolute Gasteiger partial charge is 0.462 e. The van der Waals surface area contributed by atoms with E-state index >= 15 is 0 Å². The Balaban J connectivity index is 3.71. The maximum Gasteiger partial charge on any atom is 0.306 e. The van der Waals surface area contributed by atoms with Crippen LogP contribution in [0.3, 0.4) is 0 Å². The Morgan fingerprint density at radius 1 is 0.411 bits per heavy atom. The molecule has 1 N–H and O–H groups in total. The van der Waals surface area contributed by atoms with Gasteiger partial charge in [-0.05, 0) is 109 Å². The van der Waals surface area contributed by atoms with Gasteiger partial charge in [-0.1, -0.05) is 167 Å². The summed E-state index contributed by atoms with van der Waals surface area (Å²) in [6, 6.07) is 0. The van der Waals surface area contributed by atoms with E-state index in [9.17, 15) is 14.7 Å². The van der Waals surface area contributed by atoms with Crippen molar-refractivity contribution in [3.63, 3.8) is 0 Å². The summed E-state index contributed by atoms with van der Waals surface area (Å²) in [6.07, 6.45) is 68.1. The van der Waals surface area contributed by atoms with Crippen LogP contribution in [0.1, 0.15) is 155 Å². The molecule has 0 fully saturated rings. The van der Waals surface area contributed by atoms with Crippen molar-refractivity contribution >= 4 is 11.9 Å². The average molecular weight is 771 g/mol. The van der Waals surface area contributed by atoms with E-state index in [1.807, 2.05) is 0 Å². The van der Waals surface area contributed by atoms with Gasteiger partial charge in [0.15, 0.2) is 6.10 Å². The van der Waals surface area contributed by atoms with Gasteiger partial charge in [-0.3, -0.25) is 9.59 Å². The topological polar surface area (TPSA) is 72.8 Å². The smallest absolute Gasteiger partial charge is 0.306 e. The Labute approximate surface area is 343 Å². The maximum atomic E-state index is 12.2. The van der Waals surface area contributed by atoms with Crippen LogP contribution in [0.2, 0.25) is 0 Å². The van der Waals surface area contributed by atoms with Crippen molar-refractivity contribution in [3.05, 3.63) is 134 Å². The summed E-state index contributed by atoms with van der Waals surface area (Å²) in [5.74, 6) is -0.677. The number of esters is 2. The molecule has 5 nitrogen and oxygen atoms in total. The van der Waals surface area contributed by atoms with Gasteiger partial charge in [-0.25, -0.2) is 0 Å². The Morgan fingerprint density at radius 3 is 1.11 bits per heavy atom. The molecule has 0 radical (unpaired) electrons. The zero-order valence-electron chi connectivity index (χ0n) is 35.3. The molecule has 1 atom stereocenters. The van der Waals surface area contributed by atoms with Crippen LogP contribution in [0.15, 0.2) is 134 Å². The van der Waals surface area contributed by atoms with Crippen LogP contribution in [0.4, 0.5) is 0 Å². The zero-order valence-corrected chi connectivity index (χ0v) is 35.3. The summed E-state index contributed by atoms with van der Waals surface area (Å²) < 4.78 is 10.6. The molecule has 0 amide bonds. The molecule has 0 saturated heterocycles. The number of hydrogen-bond donors (Lipinski definition) is 1. The minimum absolute atomic E-state index is 0.106. The van der Waals surface area contributed by atoms with Gasteiger partial charge in [-0.15, -0.1) is 0 Å². The molecule has 0 aliphatic carbocycles. The van der Waals surface area contributed by atoms with Crippen molar-refractivity contribution in [2.24, 2.45) is 0 Å². The molecule has 312 valence electrons. The highest BCUT2D eigenvalue weighted by molar-refractivity contribution is 5.70. The van der Waals surface area contributed by atoms with Crippen LogP contribution in [-0.4, -0.2) is 36.4 Å². The molecule has 0 aliphatic rings. The molecule has 0 saturated carbocycles. The zero-order chi connectivity index (χ0) is 40.7. The molecule has 0 rings (SSSR count). The van der Waals surface area contributed by atoms with Crippen LogP contribution < -0.4 is 0 Å². The summed E-state index contributed by atoms with van der Waals surface area (Å²) in [5, 5.41) is 9.57. The third kappa shape index (κ3) is 42.8. The van der Waals surface area contributed by atoms with Crippen molar-refractivity contribution in [2.75, 3.05) is 13.2 Å². The minimum Gasteiger partial charge on any atom is -0.462 e. The molecular formula is C51H78O5. The number of aliphatic hydroxyl groups is 1. The molecule has 5 heteroatoms. The quantitative estimate of drug-likeness (QED) is 0.0387. The Bertz CT molecular complexity index is 1240. The van der Waals surface area contributed by atoms with E-state index in [1.54, 1.807) is 0 Å². The predicted octanol–water partition coefficient (Wildman–Crippen LogP) is 14.2. The molecule has 0 heterocycles. The van der Waals surface area contributed by atoms with Gasteiger partial charge in [0.2, 0.25) is 0 Å². The summed E-state index contributed by atoms with van der Waals surface area (Å²) in [7, 11) is 0. The molecule has 1 unspecified atom stereocenters. The highest BCUT2D eigenvalue weighted by Gasteiger charge is 2.16. The van der Waals surface area contributed by atoms with Crippen molar-refractivity contribution < 1.29 is 24.2 Å². The number of allylic oxidation sites excluding steroid dienone is 22. The van der Waals surface area contributed by atoms with E-state index in [2.05, 4.69) is 148 Å². The predicted molar refractivity (Wildman–Crippen MR) is 241 cm³/mol. The minimum atomic E-state index is -0.810. The number of unbranched alkanes of at least 4 members (excludes halogenated alkanes) is 7. The van der Waals surface area contributed by atoms with Gasteiger partial charge in [0.1, 0.15) is 6.61 Å². The van der Waals surface area contributed by atoms with Crippen molar-refractivity contribution in [1.82, 2.24) is 0 Å². The molecule has 0 bridgehead atoms. The van der Waals surface area contributed by atoms with Crippen LogP contribution in [0, 0.1) is 0 Å². The molecule has 56 heavy (non-hydrogen) atoms. The van der Waals surface area contributed by atoms with E-state index in [0.29, 0.717) is 12.8 Å². The number of hydrogen-bond acceptors (Lipinski definition) is 5. The fraction of sp³-hybridized carbons (Fsp3) is 0.529. The second kappa shape index (κ2) is 45.4. The van der Waals surface area contributed by atoms with Crippen molar-refractivity contribution in [2.45, 2.75) is 161 Å². The SMILES string of the molecule is CC/C=C\C/C=C\C/C=C\C/C=C\C/C=C\C/C=C\C/C=C\CCCCCCCC(=O)OC(CO)COC(=O)CCCC/C=C\C/C=C\C/C=C\C/C=C\CC. The lowest BCUT2D eigenvalue weighted by Crippen LogP contribution is -2.28. The molecule has 0 aromatic heterocycles. The lowest BCUT2D eigenvalue weighted by Gasteiger charge is -2.15. The van der Waals surface area contributed by atoms with Crippen LogP contribution in [-0.2, 0) is 19.1 Å². The Kier molecular flexibility index (Phi) is 42.2. The first-order chi connectivity index (χ1) is 27.6. The van der Waals surface area contributed by atoms with Gasteiger partial charge in [0, 0.05) is 12.8 Å². The molecule has 0 aromatic rings. The molecule has 0 spiro atoms. The van der Waals surface area contributed by atoms with E-state index in [0.717, 1.165) is 128 Å². The molecule has 0 aromatic carbocycles. The van der Waals surface area contributed by atoms with E-state index in [4.69, 9.17) is 9.47 Å². The second-order valence-electron chi connectivity index (χ2n) is 13.7. The van der Waals surface area contributed by atoms with E-state index < -0.39 is 6.10 Å². The van der Waals surface area contributed by atoms with Crippen molar-refractivity contribution in [3.8, 4) is 0 Å². The van der Waals surface area contributed by atoms with E-state index in [1.165, 1.54) is 0 Å². The summed E-state index contributed by atoms with van der Waals surface area (Å²) in [4.78, 5) is 24.3. The van der Waals surface area contributed by atoms with Crippen molar-refractivity contribution in [1.29, 1.82) is 0 Å². The molecule has 0 aliphatic heterocycles. The fourth-order valence-electron chi connectivity index (χ4n) is 5.23. The van der Waals surface area contributed by atoms with Crippen LogP contribution in [0.5, 0.6) is 0 Å². The van der Waals surface area contributed by atoms with Gasteiger partial charge < -0.3 is 14.6 Å². The third-order valence-electron chi connectivity index (χ3n) is 8.44. The third-order valence-corrected chi connectivity index (χ3v) is 8.44. The van der Waals surface area contributed by atoms with E-state index in [-0.39, 0.29) is 25.2 Å². The lowest BCUT2D eigenvalue weighted by molar-refractivity contribution is -0.161. The number of ether oxygens (including phenoxy) is 2. The summed E-state index contributed by atoms with van der Waals surface area (Å²) in [5.41, 5.74) is 0. The monoisotopic (exact) mass is 771 g/mol. The number of aliphatic hydroxyl groups excluding tert-OH is 1. The maximum absolute atomic E-state index is 12.2. The van der Waals surface area contributed by atoms with Gasteiger partial charge in [0.25, 0.3) is 0 Å². The molecular weight excluding hydrogens is 693 g/mol. The average Bonchev–Trinajstić information content (AvgIpc) is 3.20. The number of carbonyl (C=O) groups excluding carboxylic acids is 2. The highest BCUT2D eigenvalue weighted by Crippen LogP contribution is 2.10. The van der Waals surface area contributed by atoms with Gasteiger partial charge in [-0.2, -0.15) is 0 Å². The second-order valence-corrected chi connectivity index (χ2v) is 13.7. The first kappa shape index (κ1) is 52.0.